The van der Waals surface area contributed by atoms with E-state index in [2.05, 4.69) is 4.98 Å². The van der Waals surface area contributed by atoms with Crippen LogP contribution in [0.5, 0.6) is 0 Å². The lowest BCUT2D eigenvalue weighted by Crippen LogP contribution is -2.12. The molecular formula is C11H13Cl2NO2. The molecule has 3 nitrogen and oxygen atoms in total. The summed E-state index contributed by atoms with van der Waals surface area (Å²) in [4.78, 5) is 15.8. The molecule has 1 rings (SSSR count). The summed E-state index contributed by atoms with van der Waals surface area (Å²) in [6.45, 7) is 5.70. The maximum atomic E-state index is 11.7. The number of carbonyl (C=O) groups is 1. The Morgan fingerprint density at radius 1 is 1.38 bits per heavy atom. The van der Waals surface area contributed by atoms with Gasteiger partial charge in [0.15, 0.2) is 0 Å². The summed E-state index contributed by atoms with van der Waals surface area (Å²) >= 11 is 11.7. The number of aromatic nitrogens is 1. The van der Waals surface area contributed by atoms with Gasteiger partial charge in [-0.15, -0.1) is 11.6 Å². The van der Waals surface area contributed by atoms with Gasteiger partial charge < -0.3 is 4.74 Å². The first-order chi connectivity index (χ1) is 7.52. The zero-order valence-corrected chi connectivity index (χ0v) is 10.9. The van der Waals surface area contributed by atoms with Crippen LogP contribution in [0, 0.1) is 13.8 Å². The molecule has 0 N–H and O–H groups in total. The van der Waals surface area contributed by atoms with Crippen LogP contribution in [-0.2, 0) is 10.6 Å². The number of carbonyl (C=O) groups excluding carboxylic acids is 1. The quantitative estimate of drug-likeness (QED) is 0.476. The van der Waals surface area contributed by atoms with Crippen LogP contribution in [0.4, 0.5) is 0 Å². The van der Waals surface area contributed by atoms with E-state index >= 15 is 0 Å². The maximum absolute atomic E-state index is 11.7. The fraction of sp³-hybridized carbons (Fsp3) is 0.455. The van der Waals surface area contributed by atoms with Gasteiger partial charge in [0.2, 0.25) is 0 Å². The number of esters is 1. The minimum atomic E-state index is -0.400. The Bertz CT molecular complexity index is 419. The van der Waals surface area contributed by atoms with Crippen molar-refractivity contribution >= 4 is 29.2 Å². The molecule has 0 atom stereocenters. The van der Waals surface area contributed by atoms with Gasteiger partial charge >= 0.3 is 5.97 Å². The van der Waals surface area contributed by atoms with Gasteiger partial charge in [-0.05, 0) is 31.9 Å². The van der Waals surface area contributed by atoms with Crippen molar-refractivity contribution in [3.05, 3.63) is 27.5 Å². The van der Waals surface area contributed by atoms with E-state index in [1.807, 2.05) is 13.8 Å². The Morgan fingerprint density at radius 2 is 2.00 bits per heavy atom. The maximum Gasteiger partial charge on any atom is 0.340 e. The first-order valence-corrected chi connectivity index (χ1v) is 5.82. The van der Waals surface area contributed by atoms with E-state index in [1.165, 1.54) is 0 Å². The normalized spacial score (nSPS) is 10.3. The Balaban J connectivity index is 3.35. The summed E-state index contributed by atoms with van der Waals surface area (Å²) in [5, 5.41) is 0.376. The number of nitrogens with zero attached hydrogens (tertiary/aromatic N) is 1. The van der Waals surface area contributed by atoms with E-state index in [0.717, 1.165) is 11.1 Å². The lowest BCUT2D eigenvalue weighted by molar-refractivity contribution is 0.0524. The number of rotatable bonds is 3. The van der Waals surface area contributed by atoms with E-state index in [9.17, 15) is 4.79 Å². The first-order valence-electron chi connectivity index (χ1n) is 4.91. The molecule has 0 aromatic carbocycles. The predicted octanol–water partition coefficient (Wildman–Crippen LogP) is 3.27. The second-order valence-electron chi connectivity index (χ2n) is 3.33. The molecule has 16 heavy (non-hydrogen) atoms. The average Bonchev–Trinajstić information content (AvgIpc) is 2.25. The molecule has 0 bridgehead atoms. The van der Waals surface area contributed by atoms with Crippen molar-refractivity contribution in [3.63, 3.8) is 0 Å². The topological polar surface area (TPSA) is 39.2 Å². The molecule has 1 aromatic heterocycles. The van der Waals surface area contributed by atoms with Crippen molar-refractivity contribution in [2.75, 3.05) is 6.61 Å². The smallest absolute Gasteiger partial charge is 0.340 e. The summed E-state index contributed by atoms with van der Waals surface area (Å²) in [6, 6.07) is 0. The molecule has 0 saturated carbocycles. The molecular weight excluding hydrogens is 249 g/mol. The van der Waals surface area contributed by atoms with Crippen LogP contribution in [0.25, 0.3) is 0 Å². The highest BCUT2D eigenvalue weighted by molar-refractivity contribution is 6.30. The monoisotopic (exact) mass is 261 g/mol. The minimum absolute atomic E-state index is 0.134. The van der Waals surface area contributed by atoms with Crippen molar-refractivity contribution in [2.45, 2.75) is 26.7 Å². The Labute approximate surface area is 105 Å². The SMILES string of the molecule is CCOC(=O)c1c(CCl)nc(Cl)c(C)c1C. The van der Waals surface area contributed by atoms with Crippen LogP contribution in [0.15, 0.2) is 0 Å². The molecule has 0 radical (unpaired) electrons. The van der Waals surface area contributed by atoms with Gasteiger partial charge in [0.1, 0.15) is 5.15 Å². The number of ether oxygens (including phenoxy) is 1. The van der Waals surface area contributed by atoms with E-state index in [0.29, 0.717) is 23.0 Å². The summed E-state index contributed by atoms with van der Waals surface area (Å²) in [5.74, 6) is -0.266. The molecule has 0 amide bonds. The van der Waals surface area contributed by atoms with Crippen LogP contribution in [0.2, 0.25) is 5.15 Å². The molecule has 0 spiro atoms. The summed E-state index contributed by atoms with van der Waals surface area (Å²) < 4.78 is 4.97. The van der Waals surface area contributed by atoms with E-state index in [4.69, 9.17) is 27.9 Å². The van der Waals surface area contributed by atoms with Gasteiger partial charge in [0.25, 0.3) is 0 Å². The zero-order chi connectivity index (χ0) is 12.3. The van der Waals surface area contributed by atoms with E-state index in [1.54, 1.807) is 6.92 Å². The lowest BCUT2D eigenvalue weighted by Gasteiger charge is -2.12. The second kappa shape index (κ2) is 5.51. The number of alkyl halides is 1. The third-order valence-electron chi connectivity index (χ3n) is 2.37. The summed E-state index contributed by atoms with van der Waals surface area (Å²) in [6.07, 6.45) is 0. The average molecular weight is 262 g/mol. The molecule has 0 aliphatic heterocycles. The van der Waals surface area contributed by atoms with Gasteiger partial charge in [0, 0.05) is 0 Å². The first kappa shape index (κ1) is 13.3. The number of pyridine rings is 1. The van der Waals surface area contributed by atoms with Crippen LogP contribution in [0.3, 0.4) is 0 Å². The summed E-state index contributed by atoms with van der Waals surface area (Å²) in [5.41, 5.74) is 2.44. The van der Waals surface area contributed by atoms with Crippen molar-refractivity contribution in [1.82, 2.24) is 4.98 Å². The fourth-order valence-electron chi connectivity index (χ4n) is 1.39. The number of hydrogen-bond acceptors (Lipinski definition) is 3. The van der Waals surface area contributed by atoms with Crippen molar-refractivity contribution in [1.29, 1.82) is 0 Å². The standard InChI is InChI=1S/C11H13Cl2NO2/c1-4-16-11(15)9-6(2)7(3)10(13)14-8(9)5-12/h4-5H2,1-3H3. The van der Waals surface area contributed by atoms with Gasteiger partial charge in [0.05, 0.1) is 23.7 Å². The Hall–Kier alpha value is -0.800. The molecule has 5 heteroatoms. The largest absolute Gasteiger partial charge is 0.462 e. The van der Waals surface area contributed by atoms with Crippen LogP contribution in [0.1, 0.15) is 34.1 Å². The van der Waals surface area contributed by atoms with Crippen LogP contribution < -0.4 is 0 Å². The predicted molar refractivity (Wildman–Crippen MR) is 64.2 cm³/mol. The summed E-state index contributed by atoms with van der Waals surface area (Å²) in [7, 11) is 0. The molecule has 0 aliphatic rings. The van der Waals surface area contributed by atoms with Crippen molar-refractivity contribution in [2.24, 2.45) is 0 Å². The lowest BCUT2D eigenvalue weighted by atomic mass is 10.0. The number of halogens is 2. The van der Waals surface area contributed by atoms with Crippen molar-refractivity contribution in [3.8, 4) is 0 Å². The highest BCUT2D eigenvalue weighted by Crippen LogP contribution is 2.24. The van der Waals surface area contributed by atoms with Gasteiger partial charge in [-0.1, -0.05) is 11.6 Å². The fourth-order valence-corrected chi connectivity index (χ4v) is 1.82. The van der Waals surface area contributed by atoms with Crippen LogP contribution >= 0.6 is 23.2 Å². The number of hydrogen-bond donors (Lipinski definition) is 0. The molecule has 1 heterocycles. The van der Waals surface area contributed by atoms with Gasteiger partial charge in [-0.25, -0.2) is 9.78 Å². The highest BCUT2D eigenvalue weighted by atomic mass is 35.5. The van der Waals surface area contributed by atoms with Crippen LogP contribution in [-0.4, -0.2) is 17.6 Å². The third kappa shape index (κ3) is 2.47. The van der Waals surface area contributed by atoms with Crippen molar-refractivity contribution < 1.29 is 9.53 Å². The zero-order valence-electron chi connectivity index (χ0n) is 9.43. The molecule has 1 aromatic rings. The third-order valence-corrected chi connectivity index (χ3v) is 3.00. The van der Waals surface area contributed by atoms with Gasteiger partial charge in [-0.3, -0.25) is 0 Å². The highest BCUT2D eigenvalue weighted by Gasteiger charge is 2.19. The molecule has 0 unspecified atom stereocenters. The van der Waals surface area contributed by atoms with Gasteiger partial charge in [-0.2, -0.15) is 0 Å². The van der Waals surface area contributed by atoms with E-state index in [-0.39, 0.29) is 5.88 Å². The Kier molecular flexibility index (Phi) is 4.56. The molecule has 0 saturated heterocycles. The minimum Gasteiger partial charge on any atom is -0.462 e. The molecule has 0 fully saturated rings. The Morgan fingerprint density at radius 3 is 2.50 bits per heavy atom. The molecule has 88 valence electrons. The molecule has 0 aliphatic carbocycles. The second-order valence-corrected chi connectivity index (χ2v) is 3.95. The van der Waals surface area contributed by atoms with E-state index < -0.39 is 5.97 Å².